The highest BCUT2D eigenvalue weighted by atomic mass is 127. The van der Waals surface area contributed by atoms with E-state index in [1.165, 1.54) is 41.5 Å². The number of furan rings is 2. The number of benzene rings is 14. The van der Waals surface area contributed by atoms with Crippen molar-refractivity contribution < 1.29 is 18.7 Å². The van der Waals surface area contributed by atoms with Crippen molar-refractivity contribution in [3.63, 3.8) is 0 Å². The predicted octanol–water partition coefficient (Wildman–Crippen LogP) is 20.9. The van der Waals surface area contributed by atoms with Crippen molar-refractivity contribution in [2.45, 2.75) is 5.60 Å². The molecule has 2 aromatic heterocycles. The molecule has 0 amide bonds. The van der Waals surface area contributed by atoms with Crippen molar-refractivity contribution in [1.82, 2.24) is 0 Å². The van der Waals surface area contributed by atoms with E-state index in [9.17, 15) is 9.90 Å². The van der Waals surface area contributed by atoms with Gasteiger partial charge < -0.3 is 13.9 Å². The topological polar surface area (TPSA) is 63.6 Å². The van der Waals surface area contributed by atoms with Gasteiger partial charge in [0.25, 0.3) is 0 Å². The Morgan fingerprint density at radius 2 is 0.590 bits per heavy atom. The zero-order valence-corrected chi connectivity index (χ0v) is 46.8. The summed E-state index contributed by atoms with van der Waals surface area (Å²) in [5.41, 5.74) is 15.2. The summed E-state index contributed by atoms with van der Waals surface area (Å²) in [6, 6.07) is 95.7. The van der Waals surface area contributed by atoms with Gasteiger partial charge in [-0.1, -0.05) is 267 Å². The average Bonchev–Trinajstić information content (AvgIpc) is 3.79. The smallest absolute Gasteiger partial charge is 0.194 e. The lowest BCUT2D eigenvalue weighted by Gasteiger charge is -2.31. The summed E-state index contributed by atoms with van der Waals surface area (Å²) < 4.78 is 14.2. The molecular formula is C78H47IO4. The molecule has 4 nitrogen and oxygen atoms in total. The van der Waals surface area contributed by atoms with E-state index in [1.807, 2.05) is 84.9 Å². The minimum atomic E-state index is -1.37. The molecule has 0 saturated heterocycles. The normalized spacial score (nSPS) is 12.8. The first-order valence-electron chi connectivity index (χ1n) is 27.9. The molecule has 0 radical (unpaired) electrons. The van der Waals surface area contributed by atoms with Crippen molar-refractivity contribution >= 4 is 115 Å². The van der Waals surface area contributed by atoms with Crippen LogP contribution in [0.4, 0.5) is 0 Å². The van der Waals surface area contributed by atoms with Crippen molar-refractivity contribution in [1.29, 1.82) is 0 Å². The van der Waals surface area contributed by atoms with Crippen LogP contribution in [0.5, 0.6) is 0 Å². The fourth-order valence-corrected chi connectivity index (χ4v) is 14.6. The summed E-state index contributed by atoms with van der Waals surface area (Å²) >= 11 is 2.50. The number of hydrogen-bond donors (Lipinski definition) is 1. The minimum absolute atomic E-state index is 0.149. The third-order valence-corrected chi connectivity index (χ3v) is 18.2. The van der Waals surface area contributed by atoms with Crippen molar-refractivity contribution in [3.05, 3.63) is 310 Å². The fraction of sp³-hybridized carbons (Fsp3) is 0.0128. The van der Waals surface area contributed by atoms with Gasteiger partial charge in [0.1, 0.15) is 27.9 Å². The van der Waals surface area contributed by atoms with Gasteiger partial charge in [0.15, 0.2) is 5.78 Å². The zero-order chi connectivity index (χ0) is 55.3. The molecule has 1 N–H and O–H groups in total. The second-order valence-electron chi connectivity index (χ2n) is 21.4. The molecule has 2 heterocycles. The van der Waals surface area contributed by atoms with Crippen molar-refractivity contribution in [3.8, 4) is 44.5 Å². The van der Waals surface area contributed by atoms with Gasteiger partial charge in [0, 0.05) is 75.2 Å². The number of rotatable bonds is 3. The molecule has 0 fully saturated rings. The molecule has 0 bridgehead atoms. The van der Waals surface area contributed by atoms with Gasteiger partial charge in [-0.25, -0.2) is 0 Å². The second-order valence-corrected chi connectivity index (χ2v) is 22.5. The molecule has 83 heavy (non-hydrogen) atoms. The Labute approximate surface area is 491 Å². The van der Waals surface area contributed by atoms with Crippen LogP contribution in [0, 0.1) is 3.57 Å². The van der Waals surface area contributed by atoms with E-state index in [-0.39, 0.29) is 5.78 Å². The molecule has 14 aromatic carbocycles. The number of hydrogen-bond acceptors (Lipinski definition) is 4. The molecule has 18 rings (SSSR count). The molecule has 2 aliphatic carbocycles. The van der Waals surface area contributed by atoms with Gasteiger partial charge in [0.05, 0.1) is 0 Å². The molecule has 0 saturated carbocycles. The van der Waals surface area contributed by atoms with Gasteiger partial charge in [-0.15, -0.1) is 0 Å². The number of para-hydroxylation sites is 4. The maximum absolute atomic E-state index is 13.3. The quantitative estimate of drug-likeness (QED) is 0.141. The van der Waals surface area contributed by atoms with Gasteiger partial charge in [-0.05, 0) is 100 Å². The van der Waals surface area contributed by atoms with E-state index in [0.717, 1.165) is 121 Å². The van der Waals surface area contributed by atoms with Crippen LogP contribution in [-0.2, 0) is 5.60 Å². The summed E-state index contributed by atoms with van der Waals surface area (Å²) in [7, 11) is 0. The second kappa shape index (κ2) is 19.4. The highest BCUT2D eigenvalue weighted by Gasteiger charge is 2.46. The maximum Gasteiger partial charge on any atom is 0.194 e. The Kier molecular flexibility index (Phi) is 11.4. The van der Waals surface area contributed by atoms with E-state index in [2.05, 4.69) is 217 Å². The summed E-state index contributed by atoms with van der Waals surface area (Å²) in [5, 5.41) is 27.3. The molecule has 0 atom stereocenters. The Bertz CT molecular complexity index is 5260. The van der Waals surface area contributed by atoms with Gasteiger partial charge >= 0.3 is 0 Å². The standard InChI is InChI=1S/C39H24O2.C26H15IO.C13H8O/c40-39(33-21-8-5-14-26(33)27-15-6-9-22-34(27)39)37-30-18-4-2-13-25(30)24-12-1-3-17-29(24)36(37)32-20-11-19-31-28-16-7-10-23-35(28)41-38(31)32;27-25-20-12-4-2-9-17(20)16-8-1-3-11-19(16)24(25)22-14-7-13-21-18-10-5-6-15-23(18)28-26(21)22;14-13-11-7-3-1-5-9(11)10-6-2-4-8-12(10)13/h1-23,40H;1-15H;1-8H. The van der Waals surface area contributed by atoms with Gasteiger partial charge in [0.2, 0.25) is 0 Å². The lowest BCUT2D eigenvalue weighted by molar-refractivity contribution is 0.104. The van der Waals surface area contributed by atoms with E-state index >= 15 is 0 Å². The zero-order valence-electron chi connectivity index (χ0n) is 44.6. The lowest BCUT2D eigenvalue weighted by atomic mass is 9.75. The summed E-state index contributed by atoms with van der Waals surface area (Å²) in [6.07, 6.45) is 0. The van der Waals surface area contributed by atoms with E-state index < -0.39 is 5.60 Å². The highest BCUT2D eigenvalue weighted by Crippen LogP contribution is 2.57. The van der Waals surface area contributed by atoms with Crippen molar-refractivity contribution in [2.75, 3.05) is 0 Å². The number of aliphatic hydroxyl groups is 1. The molecular weight excluding hydrogens is 1130 g/mol. The Balaban J connectivity index is 0.000000115. The summed E-state index contributed by atoms with van der Waals surface area (Å²) in [5.74, 6) is 0.149. The van der Waals surface area contributed by atoms with Gasteiger partial charge in [-0.3, -0.25) is 4.79 Å². The lowest BCUT2D eigenvalue weighted by Crippen LogP contribution is -2.27. The number of fused-ring (bicyclic) bond motifs is 18. The largest absolute Gasteiger partial charge is 0.455 e. The van der Waals surface area contributed by atoms with Crippen LogP contribution >= 0.6 is 22.6 Å². The molecule has 0 spiro atoms. The molecule has 16 aromatic rings. The SMILES string of the molecule is Ic1c(-c2cccc3c2oc2ccccc23)c2ccccc2c2ccccc12.O=C1c2ccccc2-c2ccccc21.OC1(c2c(-c3cccc4c3oc3ccccc34)c3ccccc3c3ccccc23)c2ccccc2-c2ccccc21. The van der Waals surface area contributed by atoms with Crippen LogP contribution in [0.3, 0.4) is 0 Å². The highest BCUT2D eigenvalue weighted by molar-refractivity contribution is 14.1. The molecule has 0 unspecified atom stereocenters. The van der Waals surface area contributed by atoms with Crippen LogP contribution in [0.25, 0.3) is 131 Å². The Morgan fingerprint density at radius 3 is 1.08 bits per heavy atom. The first-order chi connectivity index (χ1) is 41.0. The fourth-order valence-electron chi connectivity index (χ4n) is 13.5. The molecule has 390 valence electrons. The van der Waals surface area contributed by atoms with Crippen LogP contribution in [0.1, 0.15) is 32.6 Å². The number of carbonyl (C=O) groups is 1. The third kappa shape index (κ3) is 7.44. The van der Waals surface area contributed by atoms with E-state index in [0.29, 0.717) is 0 Å². The monoisotopic (exact) mass is 1170 g/mol. The summed E-state index contributed by atoms with van der Waals surface area (Å²) in [6.45, 7) is 0. The summed E-state index contributed by atoms with van der Waals surface area (Å²) in [4.78, 5) is 11.9. The Morgan fingerprint density at radius 1 is 0.277 bits per heavy atom. The average molecular weight is 1180 g/mol. The first-order valence-corrected chi connectivity index (χ1v) is 29.0. The maximum atomic E-state index is 13.3. The number of carbonyl (C=O) groups excluding carboxylic acids is 1. The van der Waals surface area contributed by atoms with Crippen molar-refractivity contribution in [2.24, 2.45) is 0 Å². The third-order valence-electron chi connectivity index (χ3n) is 17.1. The molecule has 2 aliphatic rings. The molecule has 0 aliphatic heterocycles. The number of ketones is 1. The van der Waals surface area contributed by atoms with E-state index in [4.69, 9.17) is 8.83 Å². The van der Waals surface area contributed by atoms with Crippen LogP contribution in [0.15, 0.2) is 288 Å². The van der Waals surface area contributed by atoms with Gasteiger partial charge in [-0.2, -0.15) is 0 Å². The van der Waals surface area contributed by atoms with Crippen LogP contribution < -0.4 is 0 Å². The van der Waals surface area contributed by atoms with Crippen LogP contribution in [0.2, 0.25) is 0 Å². The molecule has 5 heteroatoms. The Hall–Kier alpha value is -9.92. The number of halogens is 1. The minimum Gasteiger partial charge on any atom is -0.455 e. The predicted molar refractivity (Wildman–Crippen MR) is 350 cm³/mol. The van der Waals surface area contributed by atoms with Crippen LogP contribution in [-0.4, -0.2) is 10.9 Å². The first kappa shape index (κ1) is 48.9. The van der Waals surface area contributed by atoms with E-state index in [1.54, 1.807) is 0 Å².